The van der Waals surface area contributed by atoms with Crippen LogP contribution in [0, 0.1) is 11.8 Å². The molecule has 0 aromatic rings. The number of rotatable bonds is 7. The van der Waals surface area contributed by atoms with Crippen LogP contribution in [0.2, 0.25) is 0 Å². The lowest BCUT2D eigenvalue weighted by atomic mass is 9.86. The van der Waals surface area contributed by atoms with Crippen molar-refractivity contribution in [3.8, 4) is 0 Å². The third-order valence-corrected chi connectivity index (χ3v) is 3.94. The summed E-state index contributed by atoms with van der Waals surface area (Å²) in [4.78, 5) is 12.0. The Morgan fingerprint density at radius 1 is 1.33 bits per heavy atom. The van der Waals surface area contributed by atoms with Crippen molar-refractivity contribution in [2.45, 2.75) is 57.9 Å². The van der Waals surface area contributed by atoms with Crippen LogP contribution in [0.5, 0.6) is 0 Å². The maximum atomic E-state index is 12.0. The van der Waals surface area contributed by atoms with Crippen molar-refractivity contribution >= 4 is 5.91 Å². The highest BCUT2D eigenvalue weighted by Gasteiger charge is 2.24. The number of aliphatic hydroxyl groups excluding tert-OH is 1. The van der Waals surface area contributed by atoms with Crippen LogP contribution in [0.25, 0.3) is 0 Å². The zero-order chi connectivity index (χ0) is 13.4. The van der Waals surface area contributed by atoms with Gasteiger partial charge in [0.05, 0.1) is 0 Å². The average molecular weight is 256 g/mol. The number of carbonyl (C=O) groups excluding carboxylic acids is 1. The van der Waals surface area contributed by atoms with Gasteiger partial charge in [-0.25, -0.2) is 0 Å². The van der Waals surface area contributed by atoms with Crippen LogP contribution in [0.1, 0.15) is 51.9 Å². The first-order valence-electron chi connectivity index (χ1n) is 7.31. The van der Waals surface area contributed by atoms with Crippen LogP contribution in [-0.2, 0) is 4.79 Å². The Balaban J connectivity index is 2.26. The predicted octanol–water partition coefficient (Wildman–Crippen LogP) is 1.42. The molecule has 0 bridgehead atoms. The summed E-state index contributed by atoms with van der Waals surface area (Å²) in [5.41, 5.74) is 5.84. The van der Waals surface area contributed by atoms with E-state index < -0.39 is 0 Å². The second kappa shape index (κ2) is 8.48. The molecule has 1 atom stereocenters. The van der Waals surface area contributed by atoms with Gasteiger partial charge in [-0.05, 0) is 44.4 Å². The number of carbonyl (C=O) groups is 1. The molecule has 1 amide bonds. The first-order chi connectivity index (χ1) is 8.67. The molecule has 4 heteroatoms. The molecular formula is C14H28N2O2. The van der Waals surface area contributed by atoms with Gasteiger partial charge in [-0.3, -0.25) is 4.79 Å². The van der Waals surface area contributed by atoms with Crippen LogP contribution in [0.4, 0.5) is 0 Å². The van der Waals surface area contributed by atoms with E-state index in [1.165, 1.54) is 0 Å². The van der Waals surface area contributed by atoms with E-state index in [0.29, 0.717) is 12.5 Å². The van der Waals surface area contributed by atoms with Crippen molar-refractivity contribution in [3.63, 3.8) is 0 Å². The normalized spacial score (nSPS) is 25.7. The molecule has 106 valence electrons. The molecular weight excluding hydrogens is 228 g/mol. The van der Waals surface area contributed by atoms with Gasteiger partial charge < -0.3 is 16.2 Å². The first-order valence-corrected chi connectivity index (χ1v) is 7.31. The highest BCUT2D eigenvalue weighted by Crippen LogP contribution is 2.23. The van der Waals surface area contributed by atoms with E-state index in [1.54, 1.807) is 0 Å². The lowest BCUT2D eigenvalue weighted by Crippen LogP contribution is -2.38. The minimum absolute atomic E-state index is 0.154. The number of hydrogen-bond donors (Lipinski definition) is 3. The molecule has 1 rings (SSSR count). The fourth-order valence-corrected chi connectivity index (χ4v) is 2.71. The lowest BCUT2D eigenvalue weighted by Gasteiger charge is -2.26. The van der Waals surface area contributed by atoms with E-state index in [-0.39, 0.29) is 24.5 Å². The van der Waals surface area contributed by atoms with Crippen molar-refractivity contribution < 1.29 is 9.90 Å². The molecule has 18 heavy (non-hydrogen) atoms. The van der Waals surface area contributed by atoms with Gasteiger partial charge in [-0.15, -0.1) is 0 Å². The molecule has 0 aromatic heterocycles. The molecule has 0 spiro atoms. The second-order valence-corrected chi connectivity index (χ2v) is 5.52. The van der Waals surface area contributed by atoms with Crippen molar-refractivity contribution in [1.82, 2.24) is 5.32 Å². The Hall–Kier alpha value is -0.610. The molecule has 0 heterocycles. The van der Waals surface area contributed by atoms with Crippen LogP contribution in [-0.4, -0.2) is 30.2 Å². The van der Waals surface area contributed by atoms with E-state index in [0.717, 1.165) is 44.9 Å². The van der Waals surface area contributed by atoms with Crippen molar-refractivity contribution in [2.75, 3.05) is 13.2 Å². The SMILES string of the molecule is CCCC(CCO)CNC(=O)C1CCC(N)CC1. The zero-order valence-corrected chi connectivity index (χ0v) is 11.5. The van der Waals surface area contributed by atoms with E-state index >= 15 is 0 Å². The highest BCUT2D eigenvalue weighted by atomic mass is 16.3. The van der Waals surface area contributed by atoms with Gasteiger partial charge in [-0.2, -0.15) is 0 Å². The third-order valence-electron chi connectivity index (χ3n) is 3.94. The molecule has 0 saturated heterocycles. The standard InChI is InChI=1S/C14H28N2O2/c1-2-3-11(8-9-17)10-16-14(18)12-4-6-13(15)7-5-12/h11-13,17H,2-10,15H2,1H3,(H,16,18). The fraction of sp³-hybridized carbons (Fsp3) is 0.929. The average Bonchev–Trinajstić information content (AvgIpc) is 2.37. The topological polar surface area (TPSA) is 75.3 Å². The molecule has 1 unspecified atom stereocenters. The zero-order valence-electron chi connectivity index (χ0n) is 11.5. The number of hydrogen-bond acceptors (Lipinski definition) is 3. The van der Waals surface area contributed by atoms with Gasteiger partial charge in [0.2, 0.25) is 5.91 Å². The summed E-state index contributed by atoms with van der Waals surface area (Å²) in [6.07, 6.45) is 6.72. The fourth-order valence-electron chi connectivity index (χ4n) is 2.71. The maximum absolute atomic E-state index is 12.0. The molecule has 0 aromatic carbocycles. The van der Waals surface area contributed by atoms with Gasteiger partial charge in [0, 0.05) is 25.1 Å². The minimum atomic E-state index is 0.154. The van der Waals surface area contributed by atoms with Crippen LogP contribution >= 0.6 is 0 Å². The molecule has 4 nitrogen and oxygen atoms in total. The lowest BCUT2D eigenvalue weighted by molar-refractivity contribution is -0.126. The Morgan fingerprint density at radius 3 is 2.56 bits per heavy atom. The van der Waals surface area contributed by atoms with E-state index in [4.69, 9.17) is 10.8 Å². The Labute approximate surface area is 110 Å². The second-order valence-electron chi connectivity index (χ2n) is 5.52. The van der Waals surface area contributed by atoms with Crippen molar-refractivity contribution in [2.24, 2.45) is 17.6 Å². The van der Waals surface area contributed by atoms with E-state index in [1.807, 2.05) is 0 Å². The Kier molecular flexibility index (Phi) is 7.28. The summed E-state index contributed by atoms with van der Waals surface area (Å²) in [5, 5.41) is 12.0. The van der Waals surface area contributed by atoms with Crippen LogP contribution in [0.3, 0.4) is 0 Å². The third kappa shape index (κ3) is 5.36. The van der Waals surface area contributed by atoms with E-state index in [9.17, 15) is 4.79 Å². The summed E-state index contributed by atoms with van der Waals surface area (Å²) in [6.45, 7) is 3.04. The molecule has 4 N–H and O–H groups in total. The van der Waals surface area contributed by atoms with Crippen molar-refractivity contribution in [1.29, 1.82) is 0 Å². The first kappa shape index (κ1) is 15.4. The van der Waals surface area contributed by atoms with Gasteiger partial charge in [0.15, 0.2) is 0 Å². The Morgan fingerprint density at radius 2 is 2.00 bits per heavy atom. The van der Waals surface area contributed by atoms with Crippen molar-refractivity contribution in [3.05, 3.63) is 0 Å². The number of nitrogens with one attached hydrogen (secondary N) is 1. The van der Waals surface area contributed by atoms with Crippen LogP contribution in [0.15, 0.2) is 0 Å². The number of amides is 1. The van der Waals surface area contributed by atoms with Gasteiger partial charge in [0.25, 0.3) is 0 Å². The van der Waals surface area contributed by atoms with E-state index in [2.05, 4.69) is 12.2 Å². The largest absolute Gasteiger partial charge is 0.396 e. The highest BCUT2D eigenvalue weighted by molar-refractivity contribution is 5.78. The molecule has 1 saturated carbocycles. The molecule has 0 radical (unpaired) electrons. The molecule has 1 aliphatic carbocycles. The maximum Gasteiger partial charge on any atom is 0.223 e. The van der Waals surface area contributed by atoms with Gasteiger partial charge in [-0.1, -0.05) is 13.3 Å². The number of aliphatic hydroxyl groups is 1. The quantitative estimate of drug-likeness (QED) is 0.645. The summed E-state index contributed by atoms with van der Waals surface area (Å²) in [5.74, 6) is 0.747. The predicted molar refractivity (Wildman–Crippen MR) is 73.0 cm³/mol. The summed E-state index contributed by atoms with van der Waals surface area (Å²) in [7, 11) is 0. The Bertz CT molecular complexity index is 232. The summed E-state index contributed by atoms with van der Waals surface area (Å²) >= 11 is 0. The number of nitrogens with two attached hydrogens (primary N) is 1. The smallest absolute Gasteiger partial charge is 0.223 e. The summed E-state index contributed by atoms with van der Waals surface area (Å²) < 4.78 is 0. The minimum Gasteiger partial charge on any atom is -0.396 e. The van der Waals surface area contributed by atoms with Crippen LogP contribution < -0.4 is 11.1 Å². The molecule has 0 aliphatic heterocycles. The molecule has 1 aliphatic rings. The van der Waals surface area contributed by atoms with Gasteiger partial charge in [0.1, 0.15) is 0 Å². The summed E-state index contributed by atoms with van der Waals surface area (Å²) in [6, 6.07) is 0.288. The molecule has 1 fully saturated rings. The van der Waals surface area contributed by atoms with Gasteiger partial charge >= 0.3 is 0 Å². The monoisotopic (exact) mass is 256 g/mol.